The summed E-state index contributed by atoms with van der Waals surface area (Å²) in [7, 11) is 0. The van der Waals surface area contributed by atoms with Crippen molar-refractivity contribution in [2.45, 2.75) is 12.5 Å². The molecule has 0 aliphatic heterocycles. The third-order valence-electron chi connectivity index (χ3n) is 2.11. The molecule has 0 saturated carbocycles. The summed E-state index contributed by atoms with van der Waals surface area (Å²) in [5.74, 6) is 0.663. The molecule has 78 valence electrons. The van der Waals surface area contributed by atoms with Crippen molar-refractivity contribution in [1.29, 1.82) is 0 Å². The number of hydrogen-bond donors (Lipinski definition) is 3. The number of aliphatic hydroxyl groups excluding tert-OH is 1. The maximum atomic E-state index is 9.74. The van der Waals surface area contributed by atoms with Crippen molar-refractivity contribution in [2.75, 3.05) is 0 Å². The van der Waals surface area contributed by atoms with Gasteiger partial charge in [-0.15, -0.1) is 0 Å². The fourth-order valence-corrected chi connectivity index (χ4v) is 1.33. The number of nitrogens with one attached hydrogen (secondary N) is 1. The fourth-order valence-electron chi connectivity index (χ4n) is 1.33. The maximum Gasteiger partial charge on any atom is 0.153 e. The van der Waals surface area contributed by atoms with E-state index in [-0.39, 0.29) is 5.75 Å². The molecule has 15 heavy (non-hydrogen) atoms. The van der Waals surface area contributed by atoms with E-state index >= 15 is 0 Å². The summed E-state index contributed by atoms with van der Waals surface area (Å²) >= 11 is 0. The topological polar surface area (TPSA) is 82.0 Å². The van der Waals surface area contributed by atoms with Gasteiger partial charge in [-0.25, -0.2) is 4.98 Å². The van der Waals surface area contributed by atoms with Crippen LogP contribution in [0.2, 0.25) is 0 Å². The van der Waals surface area contributed by atoms with E-state index in [1.54, 1.807) is 24.3 Å². The van der Waals surface area contributed by atoms with Crippen LogP contribution in [-0.2, 0) is 6.42 Å². The summed E-state index contributed by atoms with van der Waals surface area (Å²) in [6.45, 7) is 0. The number of phenols is 1. The van der Waals surface area contributed by atoms with E-state index in [1.165, 1.54) is 6.33 Å². The minimum atomic E-state index is -0.697. The van der Waals surface area contributed by atoms with Crippen molar-refractivity contribution in [3.8, 4) is 5.75 Å². The Labute approximate surface area is 86.4 Å². The second-order valence-corrected chi connectivity index (χ2v) is 3.26. The van der Waals surface area contributed by atoms with Gasteiger partial charge in [0.05, 0.1) is 0 Å². The van der Waals surface area contributed by atoms with E-state index in [1.807, 2.05) is 0 Å². The van der Waals surface area contributed by atoms with Gasteiger partial charge in [-0.1, -0.05) is 12.1 Å². The molecule has 0 amide bonds. The van der Waals surface area contributed by atoms with Crippen molar-refractivity contribution in [3.63, 3.8) is 0 Å². The molecule has 0 radical (unpaired) electrons. The van der Waals surface area contributed by atoms with Gasteiger partial charge in [0, 0.05) is 6.42 Å². The predicted octanol–water partition coefficient (Wildman–Crippen LogP) is 0.786. The zero-order chi connectivity index (χ0) is 10.7. The highest BCUT2D eigenvalue weighted by molar-refractivity contribution is 5.26. The van der Waals surface area contributed by atoms with Crippen LogP contribution in [0.5, 0.6) is 5.75 Å². The number of aromatic hydroxyl groups is 1. The minimum absolute atomic E-state index is 0.216. The summed E-state index contributed by atoms with van der Waals surface area (Å²) in [5.41, 5.74) is 0.928. The maximum absolute atomic E-state index is 9.74. The molecule has 1 aromatic carbocycles. The van der Waals surface area contributed by atoms with Crippen molar-refractivity contribution < 1.29 is 10.2 Å². The van der Waals surface area contributed by atoms with Gasteiger partial charge in [0.15, 0.2) is 5.82 Å². The van der Waals surface area contributed by atoms with Crippen LogP contribution >= 0.6 is 0 Å². The first kappa shape index (κ1) is 9.67. The lowest BCUT2D eigenvalue weighted by Crippen LogP contribution is -2.03. The van der Waals surface area contributed by atoms with Crippen molar-refractivity contribution >= 4 is 0 Å². The Morgan fingerprint density at radius 1 is 1.27 bits per heavy atom. The van der Waals surface area contributed by atoms with Gasteiger partial charge in [-0.2, -0.15) is 5.10 Å². The molecule has 0 aliphatic rings. The number of hydrogen-bond acceptors (Lipinski definition) is 4. The highest BCUT2D eigenvalue weighted by atomic mass is 16.3. The molecule has 1 heterocycles. The molecule has 2 rings (SSSR count). The van der Waals surface area contributed by atoms with Gasteiger partial charge in [-0.05, 0) is 17.7 Å². The highest BCUT2D eigenvalue weighted by Crippen LogP contribution is 2.16. The van der Waals surface area contributed by atoms with Gasteiger partial charge in [0.1, 0.15) is 18.2 Å². The van der Waals surface area contributed by atoms with E-state index < -0.39 is 6.10 Å². The lowest BCUT2D eigenvalue weighted by atomic mass is 10.1. The number of aliphatic hydroxyl groups is 1. The number of aromatic amines is 1. The van der Waals surface area contributed by atoms with E-state index in [0.717, 1.165) is 5.56 Å². The van der Waals surface area contributed by atoms with Crippen LogP contribution < -0.4 is 0 Å². The number of aromatic nitrogens is 3. The molecule has 1 atom stereocenters. The van der Waals surface area contributed by atoms with Crippen LogP contribution in [0.25, 0.3) is 0 Å². The summed E-state index contributed by atoms with van der Waals surface area (Å²) < 4.78 is 0. The summed E-state index contributed by atoms with van der Waals surface area (Å²) in [6.07, 6.45) is 1.10. The molecule has 5 heteroatoms. The van der Waals surface area contributed by atoms with Crippen molar-refractivity contribution in [1.82, 2.24) is 15.2 Å². The lowest BCUT2D eigenvalue weighted by Gasteiger charge is -2.06. The van der Waals surface area contributed by atoms with Gasteiger partial charge in [0.2, 0.25) is 0 Å². The van der Waals surface area contributed by atoms with E-state index in [4.69, 9.17) is 5.11 Å². The second kappa shape index (κ2) is 4.10. The number of nitrogens with zero attached hydrogens (tertiary/aromatic N) is 2. The molecule has 5 nitrogen and oxygen atoms in total. The van der Waals surface area contributed by atoms with Crippen LogP contribution in [0.1, 0.15) is 17.5 Å². The standard InChI is InChI=1S/C10H11N3O2/c14-8-3-1-7(2-4-8)5-9(15)10-11-6-12-13-10/h1-4,6,9,14-15H,5H2,(H,11,12,13). The monoisotopic (exact) mass is 205 g/mol. The van der Waals surface area contributed by atoms with Gasteiger partial charge in [-0.3, -0.25) is 5.10 Å². The molecular formula is C10H11N3O2. The van der Waals surface area contributed by atoms with Crippen LogP contribution in [0, 0.1) is 0 Å². The van der Waals surface area contributed by atoms with Crippen molar-refractivity contribution in [2.24, 2.45) is 0 Å². The molecule has 0 bridgehead atoms. The molecule has 0 fully saturated rings. The van der Waals surface area contributed by atoms with Gasteiger partial charge < -0.3 is 10.2 Å². The quantitative estimate of drug-likeness (QED) is 0.691. The summed E-state index contributed by atoms with van der Waals surface area (Å²) in [4.78, 5) is 3.86. The lowest BCUT2D eigenvalue weighted by molar-refractivity contribution is 0.169. The van der Waals surface area contributed by atoms with Crippen LogP contribution in [0.15, 0.2) is 30.6 Å². The Bertz CT molecular complexity index is 411. The van der Waals surface area contributed by atoms with Gasteiger partial charge in [0.25, 0.3) is 0 Å². The predicted molar refractivity (Wildman–Crippen MR) is 53.2 cm³/mol. The number of rotatable bonds is 3. The van der Waals surface area contributed by atoms with E-state index in [9.17, 15) is 5.11 Å². The smallest absolute Gasteiger partial charge is 0.153 e. The molecule has 2 aromatic rings. The normalized spacial score (nSPS) is 12.6. The molecule has 3 N–H and O–H groups in total. The Balaban J connectivity index is 2.06. The molecule has 0 spiro atoms. The Morgan fingerprint density at radius 3 is 2.60 bits per heavy atom. The van der Waals surface area contributed by atoms with E-state index in [0.29, 0.717) is 12.2 Å². The Morgan fingerprint density at radius 2 is 2.00 bits per heavy atom. The molecule has 1 aromatic heterocycles. The third kappa shape index (κ3) is 2.32. The molecular weight excluding hydrogens is 194 g/mol. The van der Waals surface area contributed by atoms with Crippen molar-refractivity contribution in [3.05, 3.63) is 42.0 Å². The average molecular weight is 205 g/mol. The largest absolute Gasteiger partial charge is 0.508 e. The molecule has 0 saturated heterocycles. The first-order valence-electron chi connectivity index (χ1n) is 4.57. The molecule has 1 unspecified atom stereocenters. The second-order valence-electron chi connectivity index (χ2n) is 3.26. The van der Waals surface area contributed by atoms with E-state index in [2.05, 4.69) is 15.2 Å². The average Bonchev–Trinajstić information content (AvgIpc) is 2.74. The van der Waals surface area contributed by atoms with Crippen LogP contribution in [0.3, 0.4) is 0 Å². The number of H-pyrrole nitrogens is 1. The SMILES string of the molecule is Oc1ccc(CC(O)c2ncn[nH]2)cc1. The highest BCUT2D eigenvalue weighted by Gasteiger charge is 2.10. The van der Waals surface area contributed by atoms with Gasteiger partial charge >= 0.3 is 0 Å². The Hall–Kier alpha value is -1.88. The zero-order valence-electron chi connectivity index (χ0n) is 7.96. The fraction of sp³-hybridized carbons (Fsp3) is 0.200. The molecule has 0 aliphatic carbocycles. The number of phenolic OH excluding ortho intramolecular Hbond substituents is 1. The number of benzene rings is 1. The van der Waals surface area contributed by atoms with Crippen LogP contribution in [-0.4, -0.2) is 25.4 Å². The third-order valence-corrected chi connectivity index (χ3v) is 2.11. The Kier molecular flexibility index (Phi) is 2.64. The first-order valence-corrected chi connectivity index (χ1v) is 4.57. The first-order chi connectivity index (χ1) is 7.25. The summed E-state index contributed by atoms with van der Waals surface area (Å²) in [5, 5.41) is 25.1. The zero-order valence-corrected chi connectivity index (χ0v) is 7.96. The minimum Gasteiger partial charge on any atom is -0.508 e. The van der Waals surface area contributed by atoms with Crippen LogP contribution in [0.4, 0.5) is 0 Å². The summed E-state index contributed by atoms with van der Waals surface area (Å²) in [6, 6.07) is 6.69.